The molecule has 1 saturated heterocycles. The van der Waals surface area contributed by atoms with E-state index in [1.54, 1.807) is 35.7 Å². The van der Waals surface area contributed by atoms with Crippen LogP contribution in [0, 0.1) is 0 Å². The van der Waals surface area contributed by atoms with Crippen LogP contribution in [0.1, 0.15) is 37.9 Å². The van der Waals surface area contributed by atoms with Crippen LogP contribution in [0.3, 0.4) is 0 Å². The van der Waals surface area contributed by atoms with E-state index in [1.807, 2.05) is 24.3 Å². The molecule has 0 bridgehead atoms. The summed E-state index contributed by atoms with van der Waals surface area (Å²) in [6.07, 6.45) is 1.63. The Kier molecular flexibility index (Phi) is 6.60. The molecule has 1 aromatic heterocycles. The zero-order valence-electron chi connectivity index (χ0n) is 18.2. The summed E-state index contributed by atoms with van der Waals surface area (Å²) < 4.78 is 0. The third-order valence-corrected chi connectivity index (χ3v) is 6.43. The number of hydrogen-bond donors (Lipinski definition) is 1. The van der Waals surface area contributed by atoms with Gasteiger partial charge < -0.3 is 5.32 Å². The molecule has 2 amide bonds. The molecular weight excluding hydrogens is 476 g/mol. The van der Waals surface area contributed by atoms with E-state index in [1.165, 1.54) is 33.6 Å². The second-order valence-electron chi connectivity index (χ2n) is 7.76. The van der Waals surface area contributed by atoms with Gasteiger partial charge >= 0.3 is 0 Å². The third-order valence-electron chi connectivity index (χ3n) is 5.07. The first-order valence-electron chi connectivity index (χ1n) is 10.2. The first-order valence-corrected chi connectivity index (χ1v) is 11.9. The van der Waals surface area contributed by atoms with Crippen molar-refractivity contribution in [1.29, 1.82) is 0 Å². The van der Waals surface area contributed by atoms with Crippen molar-refractivity contribution in [2.24, 2.45) is 0 Å². The molecule has 33 heavy (non-hydrogen) atoms. The molecule has 168 valence electrons. The normalized spacial score (nSPS) is 14.8. The molecule has 0 atom stereocenters. The van der Waals surface area contributed by atoms with Gasteiger partial charge in [-0.25, -0.2) is 4.98 Å². The largest absolute Gasteiger partial charge is 0.327 e. The molecule has 1 fully saturated rings. The topological polar surface area (TPSA) is 65.5 Å². The Balaban J connectivity index is 1.59. The van der Waals surface area contributed by atoms with Crippen molar-refractivity contribution >= 4 is 74.7 Å². The standard InChI is InChI=1S/C24H21ClN4O2S2/c1-14(2)16-7-9-19(10-8-16)29-22(31)21(27-23(29)32)12-18-13-33-24(26-18)28(15(3)30)20-6-4-5-17(25)11-20/h4-14H,1-3H3,(H,27,32)/b21-12+. The number of aromatic nitrogens is 1. The van der Waals surface area contributed by atoms with Crippen molar-refractivity contribution < 1.29 is 9.59 Å². The number of halogens is 1. The Morgan fingerprint density at radius 2 is 1.97 bits per heavy atom. The fourth-order valence-electron chi connectivity index (χ4n) is 3.41. The maximum Gasteiger partial charge on any atom is 0.281 e. The van der Waals surface area contributed by atoms with E-state index >= 15 is 0 Å². The number of carbonyl (C=O) groups excluding carboxylic acids is 2. The Bertz CT molecular complexity index is 1270. The maximum atomic E-state index is 13.1. The number of rotatable bonds is 5. The number of amides is 2. The van der Waals surface area contributed by atoms with Gasteiger partial charge in [0.2, 0.25) is 5.91 Å². The van der Waals surface area contributed by atoms with Crippen molar-refractivity contribution in [3.8, 4) is 0 Å². The summed E-state index contributed by atoms with van der Waals surface area (Å²) >= 11 is 12.8. The Labute approximate surface area is 206 Å². The van der Waals surface area contributed by atoms with E-state index in [0.717, 1.165) is 0 Å². The second kappa shape index (κ2) is 9.43. The Morgan fingerprint density at radius 1 is 1.24 bits per heavy atom. The summed E-state index contributed by atoms with van der Waals surface area (Å²) in [4.78, 5) is 32.9. The number of nitrogens with zero attached hydrogens (tertiary/aromatic N) is 3. The van der Waals surface area contributed by atoms with Crippen molar-refractivity contribution in [1.82, 2.24) is 10.3 Å². The maximum absolute atomic E-state index is 13.1. The second-order valence-corrected chi connectivity index (χ2v) is 9.42. The van der Waals surface area contributed by atoms with Gasteiger partial charge in [0.1, 0.15) is 5.70 Å². The van der Waals surface area contributed by atoms with Crippen molar-refractivity contribution in [2.45, 2.75) is 26.7 Å². The molecule has 0 aliphatic carbocycles. The Morgan fingerprint density at radius 3 is 2.61 bits per heavy atom. The number of thiocarbonyl (C=S) groups is 1. The number of thiazole rings is 1. The molecule has 0 radical (unpaired) electrons. The average Bonchev–Trinajstić information content (AvgIpc) is 3.32. The van der Waals surface area contributed by atoms with Gasteiger partial charge in [-0.2, -0.15) is 0 Å². The highest BCUT2D eigenvalue weighted by Crippen LogP contribution is 2.31. The predicted octanol–water partition coefficient (Wildman–Crippen LogP) is 5.87. The highest BCUT2D eigenvalue weighted by molar-refractivity contribution is 7.80. The zero-order chi connectivity index (χ0) is 23.7. The van der Waals surface area contributed by atoms with Crippen LogP contribution in [-0.4, -0.2) is 21.9 Å². The number of carbonyl (C=O) groups is 2. The van der Waals surface area contributed by atoms with E-state index in [4.69, 9.17) is 23.8 Å². The van der Waals surface area contributed by atoms with Gasteiger partial charge in [-0.3, -0.25) is 19.4 Å². The monoisotopic (exact) mass is 496 g/mol. The molecule has 0 unspecified atom stereocenters. The molecule has 1 aliphatic rings. The van der Waals surface area contributed by atoms with Crippen LogP contribution in [0.2, 0.25) is 5.02 Å². The summed E-state index contributed by atoms with van der Waals surface area (Å²) in [7, 11) is 0. The molecular formula is C24H21ClN4O2S2. The number of benzene rings is 2. The molecule has 6 nitrogen and oxygen atoms in total. The molecule has 9 heteroatoms. The van der Waals surface area contributed by atoms with Crippen LogP contribution in [0.4, 0.5) is 16.5 Å². The summed E-state index contributed by atoms with van der Waals surface area (Å²) in [5.41, 5.74) is 3.37. The van der Waals surface area contributed by atoms with Gasteiger partial charge in [-0.1, -0.05) is 43.6 Å². The minimum atomic E-state index is -0.259. The molecule has 4 rings (SSSR count). The van der Waals surface area contributed by atoms with Crippen molar-refractivity contribution in [2.75, 3.05) is 9.80 Å². The quantitative estimate of drug-likeness (QED) is 0.353. The van der Waals surface area contributed by atoms with Crippen LogP contribution < -0.4 is 15.1 Å². The van der Waals surface area contributed by atoms with Crippen LogP contribution in [0.15, 0.2) is 59.6 Å². The van der Waals surface area contributed by atoms with E-state index in [9.17, 15) is 9.59 Å². The molecule has 0 spiro atoms. The van der Waals surface area contributed by atoms with Crippen LogP contribution in [0.5, 0.6) is 0 Å². The van der Waals surface area contributed by atoms with Gasteiger partial charge in [0.15, 0.2) is 10.2 Å². The molecule has 2 aromatic carbocycles. The van der Waals surface area contributed by atoms with E-state index in [-0.39, 0.29) is 11.8 Å². The minimum Gasteiger partial charge on any atom is -0.327 e. The molecule has 2 heterocycles. The third kappa shape index (κ3) is 4.83. The highest BCUT2D eigenvalue weighted by Gasteiger charge is 2.32. The van der Waals surface area contributed by atoms with E-state index in [2.05, 4.69) is 24.1 Å². The van der Waals surface area contributed by atoms with Gasteiger partial charge in [0.25, 0.3) is 5.91 Å². The predicted molar refractivity (Wildman–Crippen MR) is 138 cm³/mol. The first-order chi connectivity index (χ1) is 15.7. The Hall–Kier alpha value is -3.07. The summed E-state index contributed by atoms with van der Waals surface area (Å²) in [6.45, 7) is 5.69. The van der Waals surface area contributed by atoms with Gasteiger partial charge in [-0.15, -0.1) is 11.3 Å². The average molecular weight is 497 g/mol. The lowest BCUT2D eigenvalue weighted by Crippen LogP contribution is -2.30. The smallest absolute Gasteiger partial charge is 0.281 e. The summed E-state index contributed by atoms with van der Waals surface area (Å²) in [6, 6.07) is 14.8. The molecule has 1 aliphatic heterocycles. The first kappa shape index (κ1) is 23.1. The highest BCUT2D eigenvalue weighted by atomic mass is 35.5. The molecule has 0 saturated carbocycles. The van der Waals surface area contributed by atoms with Gasteiger partial charge in [-0.05, 0) is 60.1 Å². The lowest BCUT2D eigenvalue weighted by atomic mass is 10.0. The molecule has 3 aromatic rings. The summed E-state index contributed by atoms with van der Waals surface area (Å²) in [5.74, 6) is -0.0580. The fourth-order valence-corrected chi connectivity index (χ4v) is 4.74. The number of anilines is 3. The summed E-state index contributed by atoms with van der Waals surface area (Å²) in [5, 5.41) is 6.06. The zero-order valence-corrected chi connectivity index (χ0v) is 20.6. The van der Waals surface area contributed by atoms with Crippen LogP contribution in [0.25, 0.3) is 6.08 Å². The number of hydrogen-bond acceptors (Lipinski definition) is 5. The van der Waals surface area contributed by atoms with Crippen molar-refractivity contribution in [3.63, 3.8) is 0 Å². The lowest BCUT2D eigenvalue weighted by molar-refractivity contribution is -0.116. The van der Waals surface area contributed by atoms with Gasteiger partial charge in [0.05, 0.1) is 17.1 Å². The van der Waals surface area contributed by atoms with E-state index in [0.29, 0.717) is 44.0 Å². The van der Waals surface area contributed by atoms with Crippen molar-refractivity contribution in [3.05, 3.63) is 75.9 Å². The van der Waals surface area contributed by atoms with Gasteiger partial charge in [0, 0.05) is 17.3 Å². The molecule has 1 N–H and O–H groups in total. The minimum absolute atomic E-state index is 0.196. The van der Waals surface area contributed by atoms with E-state index < -0.39 is 0 Å². The van der Waals surface area contributed by atoms with Crippen LogP contribution >= 0.6 is 35.2 Å². The lowest BCUT2D eigenvalue weighted by Gasteiger charge is -2.18. The number of nitrogens with one attached hydrogen (secondary N) is 1. The fraction of sp³-hybridized carbons (Fsp3) is 0.167. The SMILES string of the molecule is CC(=O)N(c1cccc(Cl)c1)c1nc(/C=C2/NC(=S)N(c3ccc(C(C)C)cc3)C2=O)cs1. The van der Waals surface area contributed by atoms with Crippen LogP contribution in [-0.2, 0) is 9.59 Å².